The second-order valence-electron chi connectivity index (χ2n) is 6.87. The summed E-state index contributed by atoms with van der Waals surface area (Å²) < 4.78 is 14.6. The van der Waals surface area contributed by atoms with E-state index in [-0.39, 0.29) is 29.9 Å². The lowest BCUT2D eigenvalue weighted by atomic mass is 10.1. The van der Waals surface area contributed by atoms with Crippen molar-refractivity contribution in [1.29, 1.82) is 0 Å². The number of hydrogen-bond donors (Lipinski definition) is 0. The van der Waals surface area contributed by atoms with Gasteiger partial charge in [0.05, 0.1) is 12.1 Å². The number of para-hydroxylation sites is 1. The van der Waals surface area contributed by atoms with Crippen molar-refractivity contribution < 1.29 is 9.18 Å². The number of anilines is 1. The van der Waals surface area contributed by atoms with Crippen LogP contribution in [0, 0.1) is 5.82 Å². The minimum atomic E-state index is -0.322. The molecule has 0 radical (unpaired) electrons. The lowest BCUT2D eigenvalue weighted by Gasteiger charge is -2.23. The van der Waals surface area contributed by atoms with Crippen molar-refractivity contribution in [1.82, 2.24) is 4.57 Å². The molecule has 4 rings (SSSR count). The molecule has 27 heavy (non-hydrogen) atoms. The van der Waals surface area contributed by atoms with Crippen LogP contribution in [0.4, 0.5) is 10.1 Å². The monoisotopic (exact) mass is 362 g/mol. The van der Waals surface area contributed by atoms with Gasteiger partial charge in [0.15, 0.2) is 0 Å². The van der Waals surface area contributed by atoms with Gasteiger partial charge in [-0.15, -0.1) is 0 Å². The van der Waals surface area contributed by atoms with Gasteiger partial charge in [0.2, 0.25) is 0 Å². The molecule has 2 heterocycles. The van der Waals surface area contributed by atoms with Crippen LogP contribution in [-0.2, 0) is 13.0 Å². The van der Waals surface area contributed by atoms with E-state index in [0.717, 1.165) is 23.2 Å². The Bertz CT molecular complexity index is 1060. The number of rotatable bonds is 3. The summed E-state index contributed by atoms with van der Waals surface area (Å²) in [6, 6.07) is 16.9. The molecule has 0 fully saturated rings. The summed E-state index contributed by atoms with van der Waals surface area (Å²) in [4.78, 5) is 27.1. The number of benzene rings is 2. The van der Waals surface area contributed by atoms with E-state index in [2.05, 4.69) is 0 Å². The fraction of sp³-hybridized carbons (Fsp3) is 0.182. The number of carbonyl (C=O) groups is 1. The van der Waals surface area contributed by atoms with Crippen LogP contribution in [0.5, 0.6) is 0 Å². The van der Waals surface area contributed by atoms with Gasteiger partial charge in [0.25, 0.3) is 11.5 Å². The molecule has 0 bridgehead atoms. The van der Waals surface area contributed by atoms with Crippen LogP contribution in [0.2, 0.25) is 0 Å². The summed E-state index contributed by atoms with van der Waals surface area (Å²) >= 11 is 0. The van der Waals surface area contributed by atoms with Crippen LogP contribution < -0.4 is 10.5 Å². The van der Waals surface area contributed by atoms with Gasteiger partial charge in [-0.1, -0.05) is 30.3 Å². The molecule has 1 aliphatic rings. The third-order valence-electron chi connectivity index (χ3n) is 4.92. The fourth-order valence-corrected chi connectivity index (χ4v) is 3.58. The zero-order valence-corrected chi connectivity index (χ0v) is 14.9. The van der Waals surface area contributed by atoms with Crippen molar-refractivity contribution in [3.8, 4) is 0 Å². The standard InChI is InChI=1S/C22H19FN2O2/c1-15-12-17-4-2-3-5-20(17)25(15)22(27)18-8-11-21(26)24(14-18)13-16-6-9-19(23)10-7-16/h2-11,14-15H,12-13H2,1H3/t15-/m1/s1. The molecule has 136 valence electrons. The van der Waals surface area contributed by atoms with Crippen molar-refractivity contribution in [3.63, 3.8) is 0 Å². The molecule has 1 aliphatic heterocycles. The van der Waals surface area contributed by atoms with E-state index in [1.807, 2.05) is 31.2 Å². The first-order valence-corrected chi connectivity index (χ1v) is 8.89. The molecule has 1 atom stereocenters. The average molecular weight is 362 g/mol. The van der Waals surface area contributed by atoms with E-state index in [1.165, 1.54) is 22.8 Å². The normalized spacial score (nSPS) is 15.6. The molecule has 0 aliphatic carbocycles. The minimum Gasteiger partial charge on any atom is -0.310 e. The van der Waals surface area contributed by atoms with Crippen LogP contribution in [0.3, 0.4) is 0 Å². The van der Waals surface area contributed by atoms with E-state index >= 15 is 0 Å². The van der Waals surface area contributed by atoms with Gasteiger partial charge in [-0.3, -0.25) is 9.59 Å². The highest BCUT2D eigenvalue weighted by Gasteiger charge is 2.31. The Hall–Kier alpha value is -3.21. The predicted octanol–water partition coefficient (Wildman–Crippen LogP) is 3.63. The Balaban J connectivity index is 1.65. The van der Waals surface area contributed by atoms with Gasteiger partial charge < -0.3 is 9.47 Å². The Morgan fingerprint density at radius 1 is 1.07 bits per heavy atom. The number of aromatic nitrogens is 1. The van der Waals surface area contributed by atoms with Gasteiger partial charge in [0.1, 0.15) is 5.82 Å². The van der Waals surface area contributed by atoms with Crippen LogP contribution in [0.1, 0.15) is 28.4 Å². The molecule has 0 saturated carbocycles. The molecule has 2 aromatic carbocycles. The summed E-state index contributed by atoms with van der Waals surface area (Å²) in [5.74, 6) is -0.447. The predicted molar refractivity (Wildman–Crippen MR) is 103 cm³/mol. The van der Waals surface area contributed by atoms with Crippen molar-refractivity contribution in [3.05, 3.63) is 99.7 Å². The molecule has 0 spiro atoms. The van der Waals surface area contributed by atoms with Gasteiger partial charge >= 0.3 is 0 Å². The molecular formula is C22H19FN2O2. The number of amides is 1. The molecule has 0 unspecified atom stereocenters. The van der Waals surface area contributed by atoms with E-state index in [9.17, 15) is 14.0 Å². The van der Waals surface area contributed by atoms with Crippen LogP contribution >= 0.6 is 0 Å². The second kappa shape index (κ2) is 6.83. The first kappa shape index (κ1) is 17.2. The third-order valence-corrected chi connectivity index (χ3v) is 4.92. The zero-order chi connectivity index (χ0) is 19.0. The smallest absolute Gasteiger partial charge is 0.260 e. The largest absolute Gasteiger partial charge is 0.310 e. The minimum absolute atomic E-state index is 0.0624. The lowest BCUT2D eigenvalue weighted by molar-refractivity contribution is 0.0980. The first-order chi connectivity index (χ1) is 13.0. The van der Waals surface area contributed by atoms with E-state index in [1.54, 1.807) is 29.3 Å². The average Bonchev–Trinajstić information content (AvgIpc) is 3.00. The number of nitrogens with zero attached hydrogens (tertiary/aromatic N) is 2. The summed E-state index contributed by atoms with van der Waals surface area (Å²) in [5.41, 5.74) is 3.12. The maximum Gasteiger partial charge on any atom is 0.260 e. The molecule has 0 N–H and O–H groups in total. The van der Waals surface area contributed by atoms with Crippen molar-refractivity contribution >= 4 is 11.6 Å². The van der Waals surface area contributed by atoms with Crippen LogP contribution in [0.25, 0.3) is 0 Å². The van der Waals surface area contributed by atoms with E-state index in [4.69, 9.17) is 0 Å². The maximum atomic E-state index is 13.1. The quantitative estimate of drug-likeness (QED) is 0.714. The number of carbonyl (C=O) groups excluding carboxylic acids is 1. The van der Waals surface area contributed by atoms with Gasteiger partial charge in [-0.25, -0.2) is 4.39 Å². The highest BCUT2D eigenvalue weighted by atomic mass is 19.1. The fourth-order valence-electron chi connectivity index (χ4n) is 3.58. The Kier molecular flexibility index (Phi) is 4.36. The lowest BCUT2D eigenvalue weighted by Crippen LogP contribution is -2.36. The molecule has 3 aromatic rings. The number of pyridine rings is 1. The van der Waals surface area contributed by atoms with Crippen molar-refractivity contribution in [2.75, 3.05) is 4.90 Å². The van der Waals surface area contributed by atoms with E-state index < -0.39 is 0 Å². The van der Waals surface area contributed by atoms with Crippen LogP contribution in [0.15, 0.2) is 71.7 Å². The summed E-state index contributed by atoms with van der Waals surface area (Å²) in [6.07, 6.45) is 2.40. The Morgan fingerprint density at radius 3 is 2.59 bits per heavy atom. The molecule has 1 aromatic heterocycles. The summed E-state index contributed by atoms with van der Waals surface area (Å²) in [6.45, 7) is 2.30. The topological polar surface area (TPSA) is 42.3 Å². The van der Waals surface area contributed by atoms with Gasteiger partial charge in [0, 0.05) is 24.0 Å². The van der Waals surface area contributed by atoms with Gasteiger partial charge in [-0.05, 0) is 48.7 Å². The van der Waals surface area contributed by atoms with Crippen molar-refractivity contribution in [2.24, 2.45) is 0 Å². The third kappa shape index (κ3) is 3.28. The second-order valence-corrected chi connectivity index (χ2v) is 6.87. The molecule has 4 nitrogen and oxygen atoms in total. The zero-order valence-electron chi connectivity index (χ0n) is 14.9. The molecule has 5 heteroatoms. The van der Waals surface area contributed by atoms with Gasteiger partial charge in [-0.2, -0.15) is 0 Å². The van der Waals surface area contributed by atoms with E-state index in [0.29, 0.717) is 5.56 Å². The molecule has 0 saturated heterocycles. The Labute approximate surface area is 156 Å². The number of fused-ring (bicyclic) bond motifs is 1. The number of halogens is 1. The highest BCUT2D eigenvalue weighted by Crippen LogP contribution is 2.32. The molecule has 1 amide bonds. The highest BCUT2D eigenvalue weighted by molar-refractivity contribution is 6.07. The maximum absolute atomic E-state index is 13.1. The van der Waals surface area contributed by atoms with Crippen LogP contribution in [-0.4, -0.2) is 16.5 Å². The SMILES string of the molecule is C[C@@H]1Cc2ccccc2N1C(=O)c1ccc(=O)n(Cc2ccc(F)cc2)c1. The summed E-state index contributed by atoms with van der Waals surface area (Å²) in [7, 11) is 0. The molecular weight excluding hydrogens is 343 g/mol. The van der Waals surface area contributed by atoms with Crippen molar-refractivity contribution in [2.45, 2.75) is 25.9 Å². The summed E-state index contributed by atoms with van der Waals surface area (Å²) in [5, 5.41) is 0. The number of hydrogen-bond acceptors (Lipinski definition) is 2. The first-order valence-electron chi connectivity index (χ1n) is 8.89. The Morgan fingerprint density at radius 2 is 1.81 bits per heavy atom.